The minimum Gasteiger partial charge on any atom is -0.384 e. The molecule has 1 aromatic rings. The van der Waals surface area contributed by atoms with Gasteiger partial charge in [0.15, 0.2) is 0 Å². The zero-order valence-electron chi connectivity index (χ0n) is 14.5. The van der Waals surface area contributed by atoms with Gasteiger partial charge in [0.2, 0.25) is 15.9 Å². The van der Waals surface area contributed by atoms with Crippen molar-refractivity contribution in [2.45, 2.75) is 24.7 Å². The van der Waals surface area contributed by atoms with Gasteiger partial charge in [0, 0.05) is 26.1 Å². The molecule has 0 radical (unpaired) electrons. The molecular formula is C16H26N4O4S. The highest BCUT2D eigenvalue weighted by Crippen LogP contribution is 2.28. The number of hydrogen-bond acceptors (Lipinski definition) is 6. The lowest BCUT2D eigenvalue weighted by atomic mass is 10.2. The first-order valence-electron chi connectivity index (χ1n) is 8.44. The minimum absolute atomic E-state index is 0.158. The zero-order chi connectivity index (χ0) is 18.3. The predicted molar refractivity (Wildman–Crippen MR) is 97.1 cm³/mol. The van der Waals surface area contributed by atoms with Crippen LogP contribution < -0.4 is 16.4 Å². The molecule has 8 nitrogen and oxygen atoms in total. The molecule has 2 rings (SSSR count). The number of hydrogen-bond donors (Lipinski definition) is 3. The van der Waals surface area contributed by atoms with E-state index in [1.54, 1.807) is 12.1 Å². The van der Waals surface area contributed by atoms with Crippen LogP contribution in [0.3, 0.4) is 0 Å². The number of ether oxygens (including phenoxy) is 1. The van der Waals surface area contributed by atoms with E-state index in [9.17, 15) is 13.2 Å². The molecule has 4 N–H and O–H groups in total. The number of sulfonamides is 1. The summed E-state index contributed by atoms with van der Waals surface area (Å²) >= 11 is 0. The van der Waals surface area contributed by atoms with E-state index < -0.39 is 10.0 Å². The quantitative estimate of drug-likeness (QED) is 0.624. The monoisotopic (exact) mass is 370 g/mol. The maximum absolute atomic E-state index is 12.8. The van der Waals surface area contributed by atoms with Crippen LogP contribution in [0.1, 0.15) is 19.8 Å². The molecule has 1 fully saturated rings. The van der Waals surface area contributed by atoms with E-state index in [0.717, 1.165) is 0 Å². The van der Waals surface area contributed by atoms with Crippen LogP contribution >= 0.6 is 0 Å². The van der Waals surface area contributed by atoms with Gasteiger partial charge in [0.1, 0.15) is 0 Å². The average Bonchev–Trinajstić information content (AvgIpc) is 2.62. The van der Waals surface area contributed by atoms with Gasteiger partial charge < -0.3 is 21.1 Å². The van der Waals surface area contributed by atoms with E-state index in [1.165, 1.54) is 10.4 Å². The molecule has 1 heterocycles. The molecule has 1 aliphatic heterocycles. The Bertz CT molecular complexity index is 687. The van der Waals surface area contributed by atoms with E-state index in [0.29, 0.717) is 63.6 Å². The van der Waals surface area contributed by atoms with Crippen LogP contribution in [-0.4, -0.2) is 58.0 Å². The summed E-state index contributed by atoms with van der Waals surface area (Å²) in [6, 6.07) is 4.73. The van der Waals surface area contributed by atoms with Gasteiger partial charge in [-0.25, -0.2) is 8.42 Å². The number of rotatable bonds is 8. The summed E-state index contributed by atoms with van der Waals surface area (Å²) < 4.78 is 32.2. The smallest absolute Gasteiger partial charge is 0.243 e. The van der Waals surface area contributed by atoms with Crippen molar-refractivity contribution in [1.82, 2.24) is 4.31 Å². The summed E-state index contributed by atoms with van der Waals surface area (Å²) in [6.45, 7) is 4.44. The topological polar surface area (TPSA) is 114 Å². The molecular weight excluding hydrogens is 344 g/mol. The molecule has 0 unspecified atom stereocenters. The van der Waals surface area contributed by atoms with E-state index >= 15 is 0 Å². The maximum Gasteiger partial charge on any atom is 0.243 e. The third-order valence-corrected chi connectivity index (χ3v) is 5.74. The minimum atomic E-state index is -3.61. The largest absolute Gasteiger partial charge is 0.384 e. The SMILES string of the molecule is CCNc1ccc(S(=O)(=O)N2CCOCC2)cc1NC(=O)CCCN. The number of morpholine rings is 1. The van der Waals surface area contributed by atoms with Crippen LogP contribution in [0.15, 0.2) is 23.1 Å². The Labute approximate surface area is 148 Å². The molecule has 1 saturated heterocycles. The second-order valence-corrected chi connectivity index (χ2v) is 7.63. The third kappa shape index (κ3) is 5.15. The molecule has 1 aliphatic rings. The number of nitrogens with two attached hydrogens (primary N) is 1. The fourth-order valence-corrected chi connectivity index (χ4v) is 3.98. The lowest BCUT2D eigenvalue weighted by Gasteiger charge is -2.26. The number of anilines is 2. The maximum atomic E-state index is 12.8. The van der Waals surface area contributed by atoms with Gasteiger partial charge in [0.05, 0.1) is 29.5 Å². The molecule has 0 spiro atoms. The van der Waals surface area contributed by atoms with Gasteiger partial charge in [-0.2, -0.15) is 4.31 Å². The molecule has 0 atom stereocenters. The van der Waals surface area contributed by atoms with Gasteiger partial charge in [-0.15, -0.1) is 0 Å². The summed E-state index contributed by atoms with van der Waals surface area (Å²) in [5.41, 5.74) is 6.57. The molecule has 9 heteroatoms. The van der Waals surface area contributed by atoms with Crippen molar-refractivity contribution in [3.63, 3.8) is 0 Å². The number of carbonyl (C=O) groups is 1. The lowest BCUT2D eigenvalue weighted by molar-refractivity contribution is -0.116. The molecule has 0 aromatic heterocycles. The Morgan fingerprint density at radius 2 is 2.00 bits per heavy atom. The Kier molecular flexibility index (Phi) is 7.18. The summed E-state index contributed by atoms with van der Waals surface area (Å²) in [4.78, 5) is 12.2. The van der Waals surface area contributed by atoms with Crippen LogP contribution in [0.4, 0.5) is 11.4 Å². The molecule has 0 aliphatic carbocycles. The van der Waals surface area contributed by atoms with E-state index in [4.69, 9.17) is 10.5 Å². The number of carbonyl (C=O) groups excluding carboxylic acids is 1. The van der Waals surface area contributed by atoms with E-state index in [1.807, 2.05) is 6.92 Å². The van der Waals surface area contributed by atoms with E-state index in [2.05, 4.69) is 10.6 Å². The predicted octanol–water partition coefficient (Wildman–Crippen LogP) is 0.817. The van der Waals surface area contributed by atoms with Crippen LogP contribution in [0.5, 0.6) is 0 Å². The molecule has 1 amide bonds. The highest BCUT2D eigenvalue weighted by atomic mass is 32.2. The van der Waals surface area contributed by atoms with Crippen molar-refractivity contribution >= 4 is 27.3 Å². The van der Waals surface area contributed by atoms with Crippen LogP contribution in [0, 0.1) is 0 Å². The second kappa shape index (κ2) is 9.14. The molecule has 1 aromatic carbocycles. The van der Waals surface area contributed by atoms with Crippen LogP contribution in [-0.2, 0) is 19.6 Å². The molecule has 25 heavy (non-hydrogen) atoms. The van der Waals surface area contributed by atoms with E-state index in [-0.39, 0.29) is 10.8 Å². The standard InChI is InChI=1S/C16H26N4O4S/c1-2-18-14-6-5-13(12-15(14)19-16(21)4-3-7-17)25(22,23)20-8-10-24-11-9-20/h5-6,12,18H,2-4,7-11,17H2,1H3,(H,19,21). The van der Waals surface area contributed by atoms with Gasteiger partial charge in [-0.05, 0) is 38.1 Å². The third-order valence-electron chi connectivity index (χ3n) is 3.85. The summed E-state index contributed by atoms with van der Waals surface area (Å²) in [5, 5.41) is 5.91. The first-order valence-corrected chi connectivity index (χ1v) is 9.88. The molecule has 0 bridgehead atoms. The average molecular weight is 370 g/mol. The highest BCUT2D eigenvalue weighted by Gasteiger charge is 2.27. The first kappa shape index (κ1) is 19.6. The van der Waals surface area contributed by atoms with Crippen molar-refractivity contribution in [3.05, 3.63) is 18.2 Å². The van der Waals surface area contributed by atoms with Crippen molar-refractivity contribution in [1.29, 1.82) is 0 Å². The first-order chi connectivity index (χ1) is 12.0. The van der Waals surface area contributed by atoms with Crippen molar-refractivity contribution in [3.8, 4) is 0 Å². The Morgan fingerprint density at radius 3 is 2.64 bits per heavy atom. The Morgan fingerprint density at radius 1 is 1.28 bits per heavy atom. The molecule has 0 saturated carbocycles. The summed E-state index contributed by atoms with van der Waals surface area (Å²) in [7, 11) is -3.61. The van der Waals surface area contributed by atoms with Gasteiger partial charge in [-0.1, -0.05) is 0 Å². The number of benzene rings is 1. The van der Waals surface area contributed by atoms with Crippen molar-refractivity contribution in [2.24, 2.45) is 5.73 Å². The van der Waals surface area contributed by atoms with Crippen LogP contribution in [0.25, 0.3) is 0 Å². The second-order valence-electron chi connectivity index (χ2n) is 5.69. The normalized spacial score (nSPS) is 15.8. The Hall–Kier alpha value is -1.68. The number of amides is 1. The van der Waals surface area contributed by atoms with Crippen molar-refractivity contribution < 1.29 is 17.9 Å². The number of nitrogens with one attached hydrogen (secondary N) is 2. The van der Waals surface area contributed by atoms with Gasteiger partial charge >= 0.3 is 0 Å². The summed E-state index contributed by atoms with van der Waals surface area (Å²) in [5.74, 6) is -0.189. The summed E-state index contributed by atoms with van der Waals surface area (Å²) in [6.07, 6.45) is 0.872. The number of nitrogens with zero attached hydrogens (tertiary/aromatic N) is 1. The zero-order valence-corrected chi connectivity index (χ0v) is 15.3. The van der Waals surface area contributed by atoms with Gasteiger partial charge in [-0.3, -0.25) is 4.79 Å². The Balaban J connectivity index is 2.27. The highest BCUT2D eigenvalue weighted by molar-refractivity contribution is 7.89. The lowest BCUT2D eigenvalue weighted by Crippen LogP contribution is -2.40. The van der Waals surface area contributed by atoms with Crippen LogP contribution in [0.2, 0.25) is 0 Å². The molecule has 140 valence electrons. The fraction of sp³-hybridized carbons (Fsp3) is 0.562. The van der Waals surface area contributed by atoms with Crippen molar-refractivity contribution in [2.75, 3.05) is 50.0 Å². The van der Waals surface area contributed by atoms with Gasteiger partial charge in [0.25, 0.3) is 0 Å². The fourth-order valence-electron chi connectivity index (χ4n) is 2.54.